The third kappa shape index (κ3) is 3.75. The Bertz CT molecular complexity index is 944. The molecule has 2 aromatic heterocycles. The van der Waals surface area contributed by atoms with Gasteiger partial charge in [-0.25, -0.2) is 14.8 Å². The highest BCUT2D eigenvalue weighted by atomic mass is 32.1. The van der Waals surface area contributed by atoms with Crippen molar-refractivity contribution in [3.05, 3.63) is 69.2 Å². The van der Waals surface area contributed by atoms with Crippen LogP contribution in [0.15, 0.2) is 52.4 Å². The summed E-state index contributed by atoms with van der Waals surface area (Å²) in [5, 5.41) is 4.25. The van der Waals surface area contributed by atoms with Crippen LogP contribution < -0.4 is 11.0 Å². The molecule has 122 valence electrons. The van der Waals surface area contributed by atoms with Crippen LogP contribution in [0.4, 0.5) is 10.3 Å². The van der Waals surface area contributed by atoms with Gasteiger partial charge in [0.25, 0.3) is 5.56 Å². The molecule has 0 saturated heterocycles. The molecule has 0 unspecified atom stereocenters. The van der Waals surface area contributed by atoms with Gasteiger partial charge in [0, 0.05) is 16.6 Å². The zero-order valence-corrected chi connectivity index (χ0v) is 13.9. The highest BCUT2D eigenvalue weighted by Crippen LogP contribution is 2.28. The second-order valence-corrected chi connectivity index (χ2v) is 6.30. The average molecular weight is 342 g/mol. The number of H-pyrrole nitrogens is 1. The number of aromatic amines is 1. The molecule has 2 N–H and O–H groups in total. The minimum Gasteiger partial charge on any atom is -0.291 e. The van der Waals surface area contributed by atoms with Gasteiger partial charge in [0.05, 0.1) is 10.6 Å². The summed E-state index contributed by atoms with van der Waals surface area (Å²) in [5.74, 6) is 0.0479. The number of benzene rings is 1. The van der Waals surface area contributed by atoms with E-state index >= 15 is 0 Å². The number of nitrogens with one attached hydrogen (secondary N) is 2. The second kappa shape index (κ2) is 6.76. The molecular weight excluding hydrogens is 327 g/mol. The fraction of sp³-hybridized carbons (Fsp3) is 0.118. The molecule has 0 bridgehead atoms. The van der Waals surface area contributed by atoms with E-state index in [2.05, 4.69) is 20.5 Å². The molecule has 7 heteroatoms. The first-order valence-electron chi connectivity index (χ1n) is 7.26. The van der Waals surface area contributed by atoms with E-state index in [1.165, 1.54) is 18.2 Å². The first kappa shape index (κ1) is 16.1. The second-order valence-electron chi connectivity index (χ2n) is 5.22. The van der Waals surface area contributed by atoms with E-state index in [4.69, 9.17) is 0 Å². The first-order chi connectivity index (χ1) is 11.5. The number of thiophene rings is 1. The molecule has 0 spiro atoms. The Morgan fingerprint density at radius 3 is 2.71 bits per heavy atom. The molecule has 0 aliphatic carbocycles. The highest BCUT2D eigenvalue weighted by Gasteiger charge is 2.06. The van der Waals surface area contributed by atoms with E-state index in [1.807, 2.05) is 19.1 Å². The summed E-state index contributed by atoms with van der Waals surface area (Å²) >= 11 is 1.56. The monoisotopic (exact) mass is 342 g/mol. The number of halogens is 1. The van der Waals surface area contributed by atoms with Crippen LogP contribution in [-0.2, 0) is 0 Å². The summed E-state index contributed by atoms with van der Waals surface area (Å²) in [6.45, 7) is 3.60. The predicted octanol–water partition coefficient (Wildman–Crippen LogP) is 3.78. The summed E-state index contributed by atoms with van der Waals surface area (Å²) in [5.41, 5.74) is 4.86. The Morgan fingerprint density at radius 2 is 2.00 bits per heavy atom. The molecule has 3 rings (SSSR count). The van der Waals surface area contributed by atoms with Crippen LogP contribution in [0.25, 0.3) is 10.4 Å². The zero-order valence-electron chi connectivity index (χ0n) is 13.1. The van der Waals surface area contributed by atoms with Crippen molar-refractivity contribution in [2.45, 2.75) is 13.8 Å². The van der Waals surface area contributed by atoms with Crippen LogP contribution in [0.1, 0.15) is 17.5 Å². The maximum atomic E-state index is 13.0. The Kier molecular flexibility index (Phi) is 4.52. The summed E-state index contributed by atoms with van der Waals surface area (Å²) in [4.78, 5) is 20.1. The van der Waals surface area contributed by atoms with Crippen molar-refractivity contribution in [3.8, 4) is 10.4 Å². The summed E-state index contributed by atoms with van der Waals surface area (Å²) < 4.78 is 13.0. The number of rotatable bonds is 4. The van der Waals surface area contributed by atoms with Gasteiger partial charge in [-0.1, -0.05) is 12.1 Å². The van der Waals surface area contributed by atoms with Crippen molar-refractivity contribution in [1.82, 2.24) is 9.97 Å². The SMILES string of the molecule is CC(=NNc1nc(C)cc(=O)[nH]1)c1ccc(-c2ccc(F)cc2)s1. The van der Waals surface area contributed by atoms with Crippen LogP contribution >= 0.6 is 11.3 Å². The van der Waals surface area contributed by atoms with E-state index < -0.39 is 0 Å². The van der Waals surface area contributed by atoms with Gasteiger partial charge in [-0.15, -0.1) is 11.3 Å². The van der Waals surface area contributed by atoms with Gasteiger partial charge in [0.2, 0.25) is 5.95 Å². The quantitative estimate of drug-likeness (QED) is 0.560. The molecule has 1 aromatic carbocycles. The lowest BCUT2D eigenvalue weighted by molar-refractivity contribution is 0.628. The number of nitrogens with zero attached hydrogens (tertiary/aromatic N) is 2. The van der Waals surface area contributed by atoms with Crippen LogP contribution in [-0.4, -0.2) is 15.7 Å². The number of hydrogen-bond donors (Lipinski definition) is 2. The molecule has 0 aliphatic rings. The Morgan fingerprint density at radius 1 is 1.25 bits per heavy atom. The lowest BCUT2D eigenvalue weighted by Gasteiger charge is -2.02. The van der Waals surface area contributed by atoms with Crippen molar-refractivity contribution in [3.63, 3.8) is 0 Å². The summed E-state index contributed by atoms with van der Waals surface area (Å²) in [6.07, 6.45) is 0. The first-order valence-corrected chi connectivity index (χ1v) is 8.07. The summed E-state index contributed by atoms with van der Waals surface area (Å²) in [6, 6.07) is 11.7. The van der Waals surface area contributed by atoms with Crippen molar-refractivity contribution in [2.24, 2.45) is 5.10 Å². The normalized spacial score (nSPS) is 11.5. The Balaban J connectivity index is 1.78. The van der Waals surface area contributed by atoms with E-state index in [1.54, 1.807) is 30.4 Å². The molecule has 5 nitrogen and oxygen atoms in total. The van der Waals surface area contributed by atoms with Crippen LogP contribution in [0.3, 0.4) is 0 Å². The topological polar surface area (TPSA) is 70.1 Å². The molecule has 0 amide bonds. The molecule has 0 fully saturated rings. The van der Waals surface area contributed by atoms with E-state index in [0.717, 1.165) is 21.0 Å². The molecule has 24 heavy (non-hydrogen) atoms. The van der Waals surface area contributed by atoms with Crippen molar-refractivity contribution in [1.29, 1.82) is 0 Å². The Hall–Kier alpha value is -2.80. The standard InChI is InChI=1S/C17H15FN4OS/c1-10-9-16(23)20-17(19-10)22-21-11(2)14-7-8-15(24-14)12-3-5-13(18)6-4-12/h3-9H,1-2H3,(H2,19,20,22,23). The molecule has 2 heterocycles. The highest BCUT2D eigenvalue weighted by molar-refractivity contribution is 7.17. The number of hydrazone groups is 1. The average Bonchev–Trinajstić information content (AvgIpc) is 3.02. The van der Waals surface area contributed by atoms with Crippen molar-refractivity contribution < 1.29 is 4.39 Å². The molecule has 0 aliphatic heterocycles. The number of aryl methyl sites for hydroxylation is 1. The van der Waals surface area contributed by atoms with Gasteiger partial charge < -0.3 is 0 Å². The molecule has 0 saturated carbocycles. The molecule has 0 atom stereocenters. The van der Waals surface area contributed by atoms with E-state index in [-0.39, 0.29) is 11.4 Å². The fourth-order valence-corrected chi connectivity index (χ4v) is 3.08. The van der Waals surface area contributed by atoms with Crippen molar-refractivity contribution in [2.75, 3.05) is 5.43 Å². The van der Waals surface area contributed by atoms with Crippen LogP contribution in [0.5, 0.6) is 0 Å². The Labute approximate surface area is 141 Å². The largest absolute Gasteiger partial charge is 0.291 e. The number of aromatic nitrogens is 2. The van der Waals surface area contributed by atoms with E-state index in [0.29, 0.717) is 11.6 Å². The third-order valence-electron chi connectivity index (χ3n) is 3.29. The summed E-state index contributed by atoms with van der Waals surface area (Å²) in [7, 11) is 0. The molecule has 3 aromatic rings. The van der Waals surface area contributed by atoms with Gasteiger partial charge in [-0.2, -0.15) is 5.10 Å². The van der Waals surface area contributed by atoms with Gasteiger partial charge in [-0.3, -0.25) is 9.78 Å². The fourth-order valence-electron chi connectivity index (χ4n) is 2.13. The molecular formula is C17H15FN4OS. The van der Waals surface area contributed by atoms with E-state index in [9.17, 15) is 9.18 Å². The minimum absolute atomic E-state index is 0.229. The molecule has 0 radical (unpaired) electrons. The van der Waals surface area contributed by atoms with Gasteiger partial charge >= 0.3 is 0 Å². The number of anilines is 1. The minimum atomic E-state index is -0.253. The van der Waals surface area contributed by atoms with Gasteiger partial charge in [0.15, 0.2) is 0 Å². The van der Waals surface area contributed by atoms with Crippen LogP contribution in [0.2, 0.25) is 0 Å². The predicted molar refractivity (Wildman–Crippen MR) is 95.1 cm³/mol. The van der Waals surface area contributed by atoms with Crippen molar-refractivity contribution >= 4 is 23.0 Å². The maximum Gasteiger partial charge on any atom is 0.252 e. The van der Waals surface area contributed by atoms with Gasteiger partial charge in [0.1, 0.15) is 5.82 Å². The third-order valence-corrected chi connectivity index (χ3v) is 4.53. The maximum absolute atomic E-state index is 13.0. The van der Waals surface area contributed by atoms with Gasteiger partial charge in [-0.05, 0) is 43.7 Å². The van der Waals surface area contributed by atoms with Crippen LogP contribution in [0, 0.1) is 12.7 Å². The smallest absolute Gasteiger partial charge is 0.252 e. The zero-order chi connectivity index (χ0) is 17.1. The lowest BCUT2D eigenvalue weighted by atomic mass is 10.2. The lowest BCUT2D eigenvalue weighted by Crippen LogP contribution is -2.11. The number of hydrogen-bond acceptors (Lipinski definition) is 5.